The second-order valence-electron chi connectivity index (χ2n) is 13.4. The fraction of sp³-hybridized carbons (Fsp3) is 0.231. The summed E-state index contributed by atoms with van der Waals surface area (Å²) in [7, 11) is 1.41. The highest BCUT2D eigenvalue weighted by Crippen LogP contribution is 2.66. The van der Waals surface area contributed by atoms with E-state index in [2.05, 4.69) is 15.9 Å². The number of fused-ring (bicyclic) bond motifs is 4. The van der Waals surface area contributed by atoms with Crippen LogP contribution in [0.15, 0.2) is 107 Å². The molecule has 0 radical (unpaired) electrons. The number of phenols is 1. The van der Waals surface area contributed by atoms with Crippen molar-refractivity contribution < 1.29 is 33.9 Å². The first-order valence-electron chi connectivity index (χ1n) is 16.6. The van der Waals surface area contributed by atoms with Crippen LogP contribution in [0, 0.1) is 33.8 Å². The molecule has 13 heteroatoms. The number of non-ortho nitro benzene ring substituents is 1. The van der Waals surface area contributed by atoms with E-state index in [4.69, 9.17) is 16.3 Å². The average Bonchev–Trinajstić information content (AvgIpc) is 3.53. The van der Waals surface area contributed by atoms with Crippen LogP contribution in [0.25, 0.3) is 0 Å². The predicted octanol–water partition coefficient (Wildman–Crippen LogP) is 7.09. The molecule has 4 aromatic carbocycles. The molecule has 4 amide bonds. The second-order valence-corrected chi connectivity index (χ2v) is 14.8. The molecule has 2 heterocycles. The van der Waals surface area contributed by atoms with Crippen LogP contribution in [-0.4, -0.2) is 40.8 Å². The molecule has 262 valence electrons. The molecule has 4 aliphatic rings. The lowest BCUT2D eigenvalue weighted by Gasteiger charge is -2.50. The van der Waals surface area contributed by atoms with Gasteiger partial charge in [0.25, 0.3) is 5.69 Å². The number of methoxy groups -OCH3 is 1. The summed E-state index contributed by atoms with van der Waals surface area (Å²) in [6.07, 6.45) is 2.09. The molecular formula is C39H29BrClN3O8. The van der Waals surface area contributed by atoms with E-state index in [9.17, 15) is 29.6 Å². The van der Waals surface area contributed by atoms with Crippen LogP contribution in [0.2, 0.25) is 5.02 Å². The first-order valence-corrected chi connectivity index (χ1v) is 17.7. The van der Waals surface area contributed by atoms with Gasteiger partial charge in [-0.25, -0.2) is 4.90 Å². The fourth-order valence-electron chi connectivity index (χ4n) is 9.04. The first-order chi connectivity index (χ1) is 25.0. The van der Waals surface area contributed by atoms with E-state index in [1.165, 1.54) is 31.4 Å². The zero-order valence-corrected chi connectivity index (χ0v) is 29.8. The number of hydrogen-bond donors (Lipinski definition) is 1. The van der Waals surface area contributed by atoms with Crippen molar-refractivity contribution in [2.24, 2.45) is 23.7 Å². The Morgan fingerprint density at radius 3 is 2.29 bits per heavy atom. The van der Waals surface area contributed by atoms with Gasteiger partial charge in [0, 0.05) is 33.1 Å². The Morgan fingerprint density at radius 1 is 0.885 bits per heavy atom. The SMILES string of the molecule is COc1cc(Br)cc(C2C3=CCC4C(=O)N(c5ccc([N+](=O)[O-])cc5)C(=O)C4C3CC3C(=O)N(c4cccc(Cl)c4)C(=O)C32c2ccccc2)c1O. The van der Waals surface area contributed by atoms with Crippen molar-refractivity contribution in [1.82, 2.24) is 0 Å². The Labute approximate surface area is 310 Å². The molecule has 0 spiro atoms. The third-order valence-corrected chi connectivity index (χ3v) is 11.8. The summed E-state index contributed by atoms with van der Waals surface area (Å²) in [6, 6.07) is 24.0. The lowest BCUT2D eigenvalue weighted by atomic mass is 9.49. The van der Waals surface area contributed by atoms with E-state index in [1.54, 1.807) is 60.7 Å². The van der Waals surface area contributed by atoms with E-state index in [1.807, 2.05) is 12.1 Å². The monoisotopic (exact) mass is 781 g/mol. The highest BCUT2D eigenvalue weighted by Gasteiger charge is 2.70. The lowest BCUT2D eigenvalue weighted by molar-refractivity contribution is -0.384. The molecule has 4 aromatic rings. The first kappa shape index (κ1) is 33.8. The standard InChI is InChI=1S/C39H29BrClN3O8/c1-52-31-17-21(40)16-29(34(31)45)33-26-14-15-27-32(37(48)42(35(27)46)23-10-12-24(13-11-23)44(50)51)28(26)19-30-36(47)43(25-9-5-8-22(41)18-25)38(49)39(30,33)20-6-3-2-4-7-20/h2-14,16-18,27-28,30,32-33,45H,15,19H2,1H3. The van der Waals surface area contributed by atoms with Crippen molar-refractivity contribution >= 4 is 68.2 Å². The number of hydrogen-bond acceptors (Lipinski definition) is 8. The van der Waals surface area contributed by atoms with Crippen molar-refractivity contribution in [2.75, 3.05) is 16.9 Å². The smallest absolute Gasteiger partial charge is 0.269 e. The van der Waals surface area contributed by atoms with Crippen LogP contribution < -0.4 is 14.5 Å². The number of nitrogens with zero attached hydrogens (tertiary/aromatic N) is 3. The summed E-state index contributed by atoms with van der Waals surface area (Å²) in [5.74, 6) is -6.42. The summed E-state index contributed by atoms with van der Waals surface area (Å²) >= 11 is 9.93. The van der Waals surface area contributed by atoms with Gasteiger partial charge in [0.05, 0.1) is 46.6 Å². The molecule has 0 bridgehead atoms. The molecule has 11 nitrogen and oxygen atoms in total. The summed E-state index contributed by atoms with van der Waals surface area (Å²) in [5, 5.41) is 23.5. The van der Waals surface area contributed by atoms with Crippen molar-refractivity contribution in [3.05, 3.63) is 133 Å². The van der Waals surface area contributed by atoms with Crippen LogP contribution in [0.5, 0.6) is 11.5 Å². The number of nitro benzene ring substituents is 1. The van der Waals surface area contributed by atoms with Crippen LogP contribution in [0.1, 0.15) is 29.9 Å². The van der Waals surface area contributed by atoms with Gasteiger partial charge in [0.15, 0.2) is 11.5 Å². The van der Waals surface area contributed by atoms with Gasteiger partial charge >= 0.3 is 0 Å². The van der Waals surface area contributed by atoms with Crippen LogP contribution >= 0.6 is 27.5 Å². The largest absolute Gasteiger partial charge is 0.504 e. The normalized spacial score (nSPS) is 26.5. The van der Waals surface area contributed by atoms with Gasteiger partial charge < -0.3 is 9.84 Å². The van der Waals surface area contributed by atoms with Crippen molar-refractivity contribution in [3.63, 3.8) is 0 Å². The number of amides is 4. The number of carbonyl (C=O) groups is 4. The van der Waals surface area contributed by atoms with Gasteiger partial charge in [-0.1, -0.05) is 75.6 Å². The van der Waals surface area contributed by atoms with E-state index in [-0.39, 0.29) is 41.4 Å². The second kappa shape index (κ2) is 12.4. The van der Waals surface area contributed by atoms with Crippen molar-refractivity contribution in [3.8, 4) is 11.5 Å². The number of anilines is 2. The number of benzene rings is 4. The van der Waals surface area contributed by atoms with E-state index < -0.39 is 63.6 Å². The van der Waals surface area contributed by atoms with Crippen LogP contribution in [0.4, 0.5) is 17.1 Å². The quantitative estimate of drug-likeness (QED) is 0.0944. The molecule has 1 N–H and O–H groups in total. The molecule has 1 saturated carbocycles. The number of rotatable bonds is 6. The van der Waals surface area contributed by atoms with Gasteiger partial charge in [-0.05, 0) is 66.8 Å². The van der Waals surface area contributed by atoms with Gasteiger partial charge in [-0.2, -0.15) is 0 Å². The Morgan fingerprint density at radius 2 is 1.62 bits per heavy atom. The molecule has 2 aliphatic carbocycles. The number of halogens is 2. The molecule has 2 saturated heterocycles. The number of phenolic OH excluding ortho intramolecular Hbond substituents is 1. The van der Waals surface area contributed by atoms with Gasteiger partial charge in [-0.3, -0.25) is 34.2 Å². The molecule has 2 aliphatic heterocycles. The number of aromatic hydroxyl groups is 1. The van der Waals surface area contributed by atoms with Crippen LogP contribution in [-0.2, 0) is 24.6 Å². The molecule has 6 unspecified atom stereocenters. The third kappa shape index (κ3) is 4.77. The minimum Gasteiger partial charge on any atom is -0.504 e. The van der Waals surface area contributed by atoms with Crippen molar-refractivity contribution in [1.29, 1.82) is 0 Å². The number of allylic oxidation sites excluding steroid dienone is 2. The average molecular weight is 783 g/mol. The third-order valence-electron chi connectivity index (χ3n) is 11.1. The Balaban J connectivity index is 1.36. The van der Waals surface area contributed by atoms with E-state index >= 15 is 4.79 Å². The Kier molecular flexibility index (Phi) is 8.07. The maximum Gasteiger partial charge on any atom is 0.269 e. The Bertz CT molecular complexity index is 2250. The molecular weight excluding hydrogens is 754 g/mol. The maximum atomic E-state index is 15.4. The minimum atomic E-state index is -1.59. The minimum absolute atomic E-state index is 0.0546. The van der Waals surface area contributed by atoms with Crippen LogP contribution in [0.3, 0.4) is 0 Å². The molecule has 8 rings (SSSR count). The topological polar surface area (TPSA) is 147 Å². The summed E-state index contributed by atoms with van der Waals surface area (Å²) in [6.45, 7) is 0. The predicted molar refractivity (Wildman–Crippen MR) is 194 cm³/mol. The molecule has 52 heavy (non-hydrogen) atoms. The zero-order valence-electron chi connectivity index (χ0n) is 27.4. The zero-order chi connectivity index (χ0) is 36.6. The van der Waals surface area contributed by atoms with Crippen molar-refractivity contribution in [2.45, 2.75) is 24.2 Å². The maximum absolute atomic E-state index is 15.4. The summed E-state index contributed by atoms with van der Waals surface area (Å²) in [5.41, 5.74) is 0.223. The highest BCUT2D eigenvalue weighted by molar-refractivity contribution is 9.10. The fourth-order valence-corrected chi connectivity index (χ4v) is 9.68. The van der Waals surface area contributed by atoms with Gasteiger partial charge in [0.2, 0.25) is 23.6 Å². The summed E-state index contributed by atoms with van der Waals surface area (Å²) < 4.78 is 6.11. The number of ether oxygens (including phenoxy) is 1. The molecule has 6 atom stereocenters. The number of nitro groups is 1. The van der Waals surface area contributed by atoms with Gasteiger partial charge in [0.1, 0.15) is 0 Å². The lowest BCUT2D eigenvalue weighted by Crippen LogP contribution is -2.53. The van der Waals surface area contributed by atoms with E-state index in [0.29, 0.717) is 26.2 Å². The highest BCUT2D eigenvalue weighted by atomic mass is 79.9. The molecule has 0 aromatic heterocycles. The van der Waals surface area contributed by atoms with E-state index in [0.717, 1.165) is 9.80 Å². The number of carbonyl (C=O) groups excluding carboxylic acids is 4. The van der Waals surface area contributed by atoms with Gasteiger partial charge in [-0.15, -0.1) is 0 Å². The number of imide groups is 2. The Hall–Kier alpha value is -5.33. The molecule has 3 fully saturated rings. The summed E-state index contributed by atoms with van der Waals surface area (Å²) in [4.78, 5) is 71.8.